The number of fused-ring (bicyclic) bond motifs is 1. The van der Waals surface area contributed by atoms with Crippen LogP contribution in [-0.4, -0.2) is 23.6 Å². The topological polar surface area (TPSA) is 78.4 Å². The zero-order valence-corrected chi connectivity index (χ0v) is 13.6. The van der Waals surface area contributed by atoms with Crippen molar-refractivity contribution in [3.63, 3.8) is 0 Å². The Balaban J connectivity index is 1.67. The van der Waals surface area contributed by atoms with Crippen LogP contribution >= 0.6 is 11.3 Å². The third-order valence-corrected chi connectivity index (χ3v) is 4.75. The maximum Gasteiger partial charge on any atom is 0.284 e. The number of amides is 2. The SMILES string of the molecule is O=C(NCCc1ccccc1)c1ccc2cc(C(=O)NO)sc2c1. The molecule has 0 bridgehead atoms. The van der Waals surface area contributed by atoms with Crippen molar-refractivity contribution < 1.29 is 14.8 Å². The van der Waals surface area contributed by atoms with E-state index >= 15 is 0 Å². The molecule has 0 unspecified atom stereocenters. The molecular weight excluding hydrogens is 324 g/mol. The molecule has 0 aliphatic heterocycles. The highest BCUT2D eigenvalue weighted by atomic mass is 32.1. The average molecular weight is 340 g/mol. The van der Waals surface area contributed by atoms with Crippen LogP contribution in [-0.2, 0) is 6.42 Å². The smallest absolute Gasteiger partial charge is 0.284 e. The highest BCUT2D eigenvalue weighted by Gasteiger charge is 2.11. The van der Waals surface area contributed by atoms with E-state index in [1.165, 1.54) is 16.9 Å². The second kappa shape index (κ2) is 7.25. The van der Waals surface area contributed by atoms with Crippen molar-refractivity contribution in [2.75, 3.05) is 6.54 Å². The van der Waals surface area contributed by atoms with Gasteiger partial charge in [-0.05, 0) is 35.6 Å². The number of hydrogen-bond donors (Lipinski definition) is 3. The van der Waals surface area contributed by atoms with E-state index in [4.69, 9.17) is 5.21 Å². The number of hydrogen-bond acceptors (Lipinski definition) is 4. The summed E-state index contributed by atoms with van der Waals surface area (Å²) in [6.07, 6.45) is 0.772. The van der Waals surface area contributed by atoms with Gasteiger partial charge in [0.15, 0.2) is 0 Å². The summed E-state index contributed by atoms with van der Waals surface area (Å²) in [7, 11) is 0. The first-order valence-corrected chi connectivity index (χ1v) is 8.29. The maximum atomic E-state index is 12.2. The van der Waals surface area contributed by atoms with Gasteiger partial charge >= 0.3 is 0 Å². The molecule has 0 spiro atoms. The molecule has 122 valence electrons. The van der Waals surface area contributed by atoms with Crippen molar-refractivity contribution in [2.45, 2.75) is 6.42 Å². The van der Waals surface area contributed by atoms with Crippen LogP contribution in [0.2, 0.25) is 0 Å². The van der Waals surface area contributed by atoms with Gasteiger partial charge in [0.2, 0.25) is 0 Å². The summed E-state index contributed by atoms with van der Waals surface area (Å²) >= 11 is 1.23. The molecule has 3 N–H and O–H groups in total. The van der Waals surface area contributed by atoms with Crippen LogP contribution in [0.3, 0.4) is 0 Å². The van der Waals surface area contributed by atoms with E-state index in [9.17, 15) is 9.59 Å². The maximum absolute atomic E-state index is 12.2. The Morgan fingerprint density at radius 1 is 1.00 bits per heavy atom. The lowest BCUT2D eigenvalue weighted by Gasteiger charge is -2.05. The first kappa shape index (κ1) is 16.2. The fourth-order valence-corrected chi connectivity index (χ4v) is 3.40. The van der Waals surface area contributed by atoms with E-state index in [1.807, 2.05) is 30.3 Å². The lowest BCUT2D eigenvalue weighted by Crippen LogP contribution is -2.25. The Labute approximate surface area is 142 Å². The van der Waals surface area contributed by atoms with Crippen molar-refractivity contribution in [1.29, 1.82) is 0 Å². The predicted octanol–water partition coefficient (Wildman–Crippen LogP) is 2.99. The lowest BCUT2D eigenvalue weighted by molar-refractivity contribution is 0.0711. The standard InChI is InChI=1S/C18H16N2O3S/c21-17(19-9-8-12-4-2-1-3-5-12)14-7-6-13-10-16(18(22)20-23)24-15(13)11-14/h1-7,10-11,23H,8-9H2,(H,19,21)(H,20,22). The minimum atomic E-state index is -0.551. The molecule has 3 rings (SSSR count). The molecule has 0 saturated heterocycles. The van der Waals surface area contributed by atoms with Crippen LogP contribution in [0.4, 0.5) is 0 Å². The molecule has 2 amide bonds. The van der Waals surface area contributed by atoms with Crippen molar-refractivity contribution in [2.24, 2.45) is 0 Å². The van der Waals surface area contributed by atoms with Gasteiger partial charge in [0, 0.05) is 16.8 Å². The number of carbonyl (C=O) groups is 2. The molecule has 0 saturated carbocycles. The number of benzene rings is 2. The minimum absolute atomic E-state index is 0.144. The normalized spacial score (nSPS) is 10.5. The first-order chi connectivity index (χ1) is 11.7. The Morgan fingerprint density at radius 3 is 2.54 bits per heavy atom. The van der Waals surface area contributed by atoms with E-state index in [1.54, 1.807) is 29.7 Å². The molecule has 1 aromatic heterocycles. The molecule has 24 heavy (non-hydrogen) atoms. The molecule has 3 aromatic rings. The fraction of sp³-hybridized carbons (Fsp3) is 0.111. The van der Waals surface area contributed by atoms with Gasteiger partial charge in [-0.15, -0.1) is 11.3 Å². The van der Waals surface area contributed by atoms with E-state index in [2.05, 4.69) is 5.32 Å². The van der Waals surface area contributed by atoms with E-state index in [0.717, 1.165) is 16.5 Å². The Hall–Kier alpha value is -2.70. The number of hydroxylamine groups is 1. The molecule has 0 fully saturated rings. The van der Waals surface area contributed by atoms with Gasteiger partial charge in [-0.2, -0.15) is 0 Å². The van der Waals surface area contributed by atoms with E-state index in [0.29, 0.717) is 17.0 Å². The molecule has 0 aliphatic rings. The third kappa shape index (κ3) is 3.61. The van der Waals surface area contributed by atoms with E-state index in [-0.39, 0.29) is 5.91 Å². The van der Waals surface area contributed by atoms with Gasteiger partial charge < -0.3 is 5.32 Å². The quantitative estimate of drug-likeness (QED) is 0.493. The van der Waals surface area contributed by atoms with Crippen LogP contribution < -0.4 is 10.8 Å². The molecular formula is C18H16N2O3S. The molecule has 1 heterocycles. The van der Waals surface area contributed by atoms with Crippen LogP contribution in [0.5, 0.6) is 0 Å². The number of thiophene rings is 1. The zero-order valence-electron chi connectivity index (χ0n) is 12.8. The number of carbonyl (C=O) groups excluding carboxylic acids is 2. The van der Waals surface area contributed by atoms with E-state index < -0.39 is 5.91 Å². The van der Waals surface area contributed by atoms with Crippen molar-refractivity contribution >= 4 is 33.2 Å². The highest BCUT2D eigenvalue weighted by molar-refractivity contribution is 7.20. The lowest BCUT2D eigenvalue weighted by atomic mass is 10.1. The molecule has 2 aromatic carbocycles. The van der Waals surface area contributed by atoms with Gasteiger partial charge in [0.25, 0.3) is 11.8 Å². The monoisotopic (exact) mass is 340 g/mol. The summed E-state index contributed by atoms with van der Waals surface area (Å²) in [4.78, 5) is 24.1. The largest absolute Gasteiger partial charge is 0.352 e. The van der Waals surface area contributed by atoms with Gasteiger partial charge in [-0.25, -0.2) is 5.48 Å². The van der Waals surface area contributed by atoms with Crippen molar-refractivity contribution in [3.05, 3.63) is 70.6 Å². The molecule has 6 heteroatoms. The van der Waals surface area contributed by atoms with Crippen LogP contribution in [0.25, 0.3) is 10.1 Å². The van der Waals surface area contributed by atoms with Gasteiger partial charge in [-0.1, -0.05) is 36.4 Å². The summed E-state index contributed by atoms with van der Waals surface area (Å²) in [5, 5.41) is 12.5. The summed E-state index contributed by atoms with van der Waals surface area (Å²) < 4.78 is 0.823. The van der Waals surface area contributed by atoms with Gasteiger partial charge in [-0.3, -0.25) is 14.8 Å². The second-order valence-electron chi connectivity index (χ2n) is 5.30. The van der Waals surface area contributed by atoms with Crippen LogP contribution in [0.1, 0.15) is 25.6 Å². The summed E-state index contributed by atoms with van der Waals surface area (Å²) in [6, 6.07) is 16.9. The number of rotatable bonds is 5. The Kier molecular flexibility index (Phi) is 4.88. The molecule has 0 aliphatic carbocycles. The molecule has 0 radical (unpaired) electrons. The fourth-order valence-electron chi connectivity index (χ4n) is 2.41. The third-order valence-electron chi connectivity index (χ3n) is 3.65. The highest BCUT2D eigenvalue weighted by Crippen LogP contribution is 2.26. The summed E-state index contributed by atoms with van der Waals surface area (Å²) in [5.74, 6) is -0.695. The average Bonchev–Trinajstić information content (AvgIpc) is 3.05. The minimum Gasteiger partial charge on any atom is -0.352 e. The van der Waals surface area contributed by atoms with Gasteiger partial charge in [0.1, 0.15) is 0 Å². The first-order valence-electron chi connectivity index (χ1n) is 7.47. The predicted molar refractivity (Wildman–Crippen MR) is 93.6 cm³/mol. The van der Waals surface area contributed by atoms with Crippen molar-refractivity contribution in [1.82, 2.24) is 10.8 Å². The van der Waals surface area contributed by atoms with Gasteiger partial charge in [0.05, 0.1) is 4.88 Å². The molecule has 0 atom stereocenters. The Morgan fingerprint density at radius 2 is 1.79 bits per heavy atom. The zero-order chi connectivity index (χ0) is 16.9. The second-order valence-corrected chi connectivity index (χ2v) is 6.38. The van der Waals surface area contributed by atoms with Crippen molar-refractivity contribution in [3.8, 4) is 0 Å². The Bertz CT molecular complexity index is 874. The summed E-state index contributed by atoms with van der Waals surface area (Å²) in [6.45, 7) is 0.559. The van der Waals surface area contributed by atoms with Crippen LogP contribution in [0.15, 0.2) is 54.6 Å². The summed E-state index contributed by atoms with van der Waals surface area (Å²) in [5.41, 5.74) is 3.34. The molecule has 5 nitrogen and oxygen atoms in total. The van der Waals surface area contributed by atoms with Crippen LogP contribution in [0, 0.1) is 0 Å². The number of nitrogens with one attached hydrogen (secondary N) is 2.